The zero-order valence-corrected chi connectivity index (χ0v) is 13.0. The number of piperidine rings is 1. The van der Waals surface area contributed by atoms with Crippen molar-refractivity contribution in [3.8, 4) is 0 Å². The fourth-order valence-corrected chi connectivity index (χ4v) is 3.45. The maximum Gasteiger partial charge on any atom is 0.340 e. The van der Waals surface area contributed by atoms with Crippen molar-refractivity contribution in [3.05, 3.63) is 32.4 Å². The van der Waals surface area contributed by atoms with Crippen LogP contribution in [0.25, 0.3) is 0 Å². The number of rotatable bonds is 4. The molecule has 3 heterocycles. The van der Waals surface area contributed by atoms with Crippen molar-refractivity contribution in [1.82, 2.24) is 25.1 Å². The fraction of sp³-hybridized carbons (Fsp3) is 0.538. The zero-order chi connectivity index (χ0) is 15.5. The lowest BCUT2D eigenvalue weighted by atomic mass is 9.97. The molecule has 0 aliphatic carbocycles. The molecule has 1 aliphatic rings. The van der Waals surface area contributed by atoms with Gasteiger partial charge in [-0.1, -0.05) is 0 Å². The third-order valence-corrected chi connectivity index (χ3v) is 4.59. The first kappa shape index (κ1) is 14.9. The van der Waals surface area contributed by atoms with Gasteiger partial charge in [-0.25, -0.2) is 14.9 Å². The van der Waals surface area contributed by atoms with E-state index in [4.69, 9.17) is 4.74 Å². The van der Waals surface area contributed by atoms with E-state index < -0.39 is 0 Å². The molecule has 1 fully saturated rings. The number of thiazole rings is 1. The normalized spacial score (nSPS) is 18.6. The first-order chi connectivity index (χ1) is 10.7. The second-order valence-corrected chi connectivity index (χ2v) is 6.07. The molecule has 1 saturated heterocycles. The Morgan fingerprint density at radius 2 is 2.45 bits per heavy atom. The molecule has 0 radical (unpaired) electrons. The number of hydrogen-bond donors (Lipinski definition) is 2. The molecular weight excluding hydrogens is 306 g/mol. The molecule has 0 bridgehead atoms. The molecule has 22 heavy (non-hydrogen) atoms. The van der Waals surface area contributed by atoms with Crippen LogP contribution in [0.1, 0.15) is 39.9 Å². The number of aromatic amines is 2. The summed E-state index contributed by atoms with van der Waals surface area (Å²) in [5.41, 5.74) is 2.02. The van der Waals surface area contributed by atoms with Gasteiger partial charge in [-0.3, -0.25) is 9.78 Å². The van der Waals surface area contributed by atoms with Crippen molar-refractivity contribution in [3.63, 3.8) is 0 Å². The number of likely N-dealkylation sites (tertiary alicyclic amines) is 1. The van der Waals surface area contributed by atoms with Gasteiger partial charge in [0.2, 0.25) is 0 Å². The van der Waals surface area contributed by atoms with Gasteiger partial charge < -0.3 is 9.64 Å². The van der Waals surface area contributed by atoms with E-state index in [1.54, 1.807) is 17.5 Å². The topological polar surface area (TPSA) is 104 Å². The number of carbonyl (C=O) groups is 1. The lowest BCUT2D eigenvalue weighted by Crippen LogP contribution is -2.39. The van der Waals surface area contributed by atoms with E-state index in [9.17, 15) is 9.59 Å². The molecule has 3 rings (SSSR count). The van der Waals surface area contributed by atoms with Crippen LogP contribution in [-0.4, -0.2) is 51.2 Å². The highest BCUT2D eigenvalue weighted by atomic mass is 32.1. The van der Waals surface area contributed by atoms with Crippen LogP contribution in [0.3, 0.4) is 0 Å². The third-order valence-electron chi connectivity index (χ3n) is 3.73. The Labute approximate surface area is 130 Å². The Balaban J connectivity index is 1.75. The molecule has 0 aromatic carbocycles. The van der Waals surface area contributed by atoms with Crippen molar-refractivity contribution in [2.75, 3.05) is 20.2 Å². The van der Waals surface area contributed by atoms with Gasteiger partial charge in [0.15, 0.2) is 0 Å². The van der Waals surface area contributed by atoms with Crippen LogP contribution in [-0.2, 0) is 11.3 Å². The minimum atomic E-state index is -0.316. The third kappa shape index (κ3) is 2.95. The summed E-state index contributed by atoms with van der Waals surface area (Å²) >= 11 is 1.33. The van der Waals surface area contributed by atoms with Gasteiger partial charge in [-0.05, 0) is 12.8 Å². The molecular formula is C13H17N5O3S. The van der Waals surface area contributed by atoms with E-state index in [0.29, 0.717) is 36.1 Å². The monoisotopic (exact) mass is 323 g/mol. The molecule has 8 nitrogen and oxygen atoms in total. The molecule has 118 valence electrons. The average Bonchev–Trinajstić information content (AvgIpc) is 3.16. The Bertz CT molecular complexity index is 706. The summed E-state index contributed by atoms with van der Waals surface area (Å²) in [6.45, 7) is 1.58. The summed E-state index contributed by atoms with van der Waals surface area (Å²) in [4.78, 5) is 33.1. The van der Waals surface area contributed by atoms with E-state index in [0.717, 1.165) is 12.8 Å². The summed E-state index contributed by atoms with van der Waals surface area (Å²) in [7, 11) is 1.58. The van der Waals surface area contributed by atoms with Gasteiger partial charge in [0.1, 0.15) is 10.7 Å². The molecule has 1 atom stereocenters. The van der Waals surface area contributed by atoms with Gasteiger partial charge in [0.25, 0.3) is 5.91 Å². The maximum atomic E-state index is 12.7. The number of carbonyl (C=O) groups excluding carboxylic acids is 1. The minimum Gasteiger partial charge on any atom is -0.378 e. The van der Waals surface area contributed by atoms with Crippen LogP contribution in [0.15, 0.2) is 10.3 Å². The van der Waals surface area contributed by atoms with Crippen LogP contribution in [0, 0.1) is 0 Å². The predicted octanol–water partition coefficient (Wildman–Crippen LogP) is 0.721. The van der Waals surface area contributed by atoms with Crippen molar-refractivity contribution in [1.29, 1.82) is 0 Å². The predicted molar refractivity (Wildman–Crippen MR) is 79.9 cm³/mol. The first-order valence-corrected chi connectivity index (χ1v) is 7.92. The second kappa shape index (κ2) is 6.41. The summed E-state index contributed by atoms with van der Waals surface area (Å²) in [6.07, 6.45) is 1.78. The Hall–Kier alpha value is -2.00. The summed E-state index contributed by atoms with van der Waals surface area (Å²) in [5.74, 6) is 0.636. The number of nitrogens with one attached hydrogen (secondary N) is 2. The van der Waals surface area contributed by atoms with Crippen LogP contribution in [0.5, 0.6) is 0 Å². The smallest absolute Gasteiger partial charge is 0.340 e. The highest BCUT2D eigenvalue weighted by Crippen LogP contribution is 2.26. The van der Waals surface area contributed by atoms with Crippen LogP contribution in [0.2, 0.25) is 0 Å². The van der Waals surface area contributed by atoms with Gasteiger partial charge in [-0.2, -0.15) is 5.10 Å². The lowest BCUT2D eigenvalue weighted by molar-refractivity contribution is 0.0704. The second-order valence-electron chi connectivity index (χ2n) is 5.21. The van der Waals surface area contributed by atoms with E-state index in [2.05, 4.69) is 20.2 Å². The summed E-state index contributed by atoms with van der Waals surface area (Å²) in [6, 6.07) is 0. The van der Waals surface area contributed by atoms with Crippen molar-refractivity contribution in [2.24, 2.45) is 0 Å². The summed E-state index contributed by atoms with van der Waals surface area (Å²) in [5, 5.41) is 6.36. The van der Waals surface area contributed by atoms with E-state index in [-0.39, 0.29) is 17.5 Å². The lowest BCUT2D eigenvalue weighted by Gasteiger charge is -2.31. The van der Waals surface area contributed by atoms with Gasteiger partial charge in [0.05, 0.1) is 17.8 Å². The standard InChI is InChI=1S/C13H17N5O3S/c1-21-6-9-10(22-7-14-9)12(19)18-4-2-3-8(5-18)11-15-13(20)17-16-11/h7-8H,2-6H2,1H3,(H2,15,16,17,20). The highest BCUT2D eigenvalue weighted by molar-refractivity contribution is 7.11. The SMILES string of the molecule is COCc1ncsc1C(=O)N1CCCC(c2n[nH]c(=O)[nH]2)C1. The Morgan fingerprint density at radius 3 is 3.18 bits per heavy atom. The molecule has 1 unspecified atom stereocenters. The van der Waals surface area contributed by atoms with Crippen molar-refractivity contribution in [2.45, 2.75) is 25.4 Å². The van der Waals surface area contributed by atoms with Crippen LogP contribution < -0.4 is 5.69 Å². The molecule has 2 aromatic heterocycles. The first-order valence-electron chi connectivity index (χ1n) is 7.04. The van der Waals surface area contributed by atoms with E-state index in [1.165, 1.54) is 11.3 Å². The van der Waals surface area contributed by atoms with Crippen LogP contribution in [0.4, 0.5) is 0 Å². The average molecular weight is 323 g/mol. The highest BCUT2D eigenvalue weighted by Gasteiger charge is 2.29. The van der Waals surface area contributed by atoms with Gasteiger partial charge >= 0.3 is 5.69 Å². The number of amides is 1. The molecule has 9 heteroatoms. The number of methoxy groups -OCH3 is 1. The molecule has 0 saturated carbocycles. The molecule has 2 aromatic rings. The zero-order valence-electron chi connectivity index (χ0n) is 12.2. The summed E-state index contributed by atoms with van der Waals surface area (Å²) < 4.78 is 5.08. The molecule has 2 N–H and O–H groups in total. The number of hydrogen-bond acceptors (Lipinski definition) is 6. The van der Waals surface area contributed by atoms with Crippen molar-refractivity contribution < 1.29 is 9.53 Å². The fourth-order valence-electron chi connectivity index (χ4n) is 2.69. The Kier molecular flexibility index (Phi) is 4.34. The van der Waals surface area contributed by atoms with E-state index >= 15 is 0 Å². The largest absolute Gasteiger partial charge is 0.378 e. The number of nitrogens with zero attached hydrogens (tertiary/aromatic N) is 3. The Morgan fingerprint density at radius 1 is 1.59 bits per heavy atom. The van der Waals surface area contributed by atoms with Crippen molar-refractivity contribution >= 4 is 17.2 Å². The molecule has 0 spiro atoms. The van der Waals surface area contributed by atoms with E-state index in [1.807, 2.05) is 0 Å². The van der Waals surface area contributed by atoms with Gasteiger partial charge in [0, 0.05) is 26.1 Å². The number of H-pyrrole nitrogens is 2. The quantitative estimate of drug-likeness (QED) is 0.863. The molecule has 1 amide bonds. The molecule has 1 aliphatic heterocycles. The number of aromatic nitrogens is 4. The maximum absolute atomic E-state index is 12.7. The number of ether oxygens (including phenoxy) is 1. The van der Waals surface area contributed by atoms with Crippen LogP contribution >= 0.6 is 11.3 Å². The van der Waals surface area contributed by atoms with Gasteiger partial charge in [-0.15, -0.1) is 11.3 Å². The minimum absolute atomic E-state index is 0.0304.